The number of nitro groups is 1. The number of hydrogen-bond acceptors (Lipinski definition) is 7. The number of piperazine rings is 1. The lowest BCUT2D eigenvalue weighted by Crippen LogP contribution is -2.51. The summed E-state index contributed by atoms with van der Waals surface area (Å²) in [5.74, 6) is -1.28. The molecule has 0 aliphatic carbocycles. The van der Waals surface area contributed by atoms with E-state index < -0.39 is 16.7 Å². The van der Waals surface area contributed by atoms with Gasteiger partial charge in [0.25, 0.3) is 17.5 Å². The first kappa shape index (κ1) is 20.5. The van der Waals surface area contributed by atoms with Crippen LogP contribution in [0.25, 0.3) is 6.08 Å². The first-order chi connectivity index (χ1) is 14.9. The van der Waals surface area contributed by atoms with Crippen molar-refractivity contribution in [3.05, 3.63) is 69.8 Å². The Labute approximate surface area is 183 Å². The highest BCUT2D eigenvalue weighted by Crippen LogP contribution is 2.31. The van der Waals surface area contributed by atoms with E-state index in [0.717, 1.165) is 18.8 Å². The zero-order chi connectivity index (χ0) is 22.0. The second-order valence-electron chi connectivity index (χ2n) is 7.11. The summed E-state index contributed by atoms with van der Waals surface area (Å²) in [5.41, 5.74) is 1.79. The van der Waals surface area contributed by atoms with Crippen molar-refractivity contribution >= 4 is 52.3 Å². The number of thiocarbonyl (C=S) groups is 1. The first-order valence-electron chi connectivity index (χ1n) is 9.64. The molecule has 0 unspecified atom stereocenters. The van der Waals surface area contributed by atoms with E-state index >= 15 is 0 Å². The van der Waals surface area contributed by atoms with E-state index in [4.69, 9.17) is 12.2 Å². The summed E-state index contributed by atoms with van der Waals surface area (Å²) in [5, 5.41) is 16.4. The molecule has 158 valence electrons. The van der Waals surface area contributed by atoms with Crippen LogP contribution in [0.4, 0.5) is 17.1 Å². The van der Waals surface area contributed by atoms with Crippen LogP contribution in [0.2, 0.25) is 0 Å². The molecule has 9 nitrogen and oxygen atoms in total. The van der Waals surface area contributed by atoms with Crippen molar-refractivity contribution in [1.82, 2.24) is 10.6 Å². The highest BCUT2D eigenvalue weighted by molar-refractivity contribution is 7.80. The highest BCUT2D eigenvalue weighted by Gasteiger charge is 2.27. The number of carbonyl (C=O) groups excluding carboxylic acids is 2. The van der Waals surface area contributed by atoms with Crippen molar-refractivity contribution < 1.29 is 14.5 Å². The smallest absolute Gasteiger partial charge is 0.293 e. The van der Waals surface area contributed by atoms with Gasteiger partial charge in [0.1, 0.15) is 11.3 Å². The summed E-state index contributed by atoms with van der Waals surface area (Å²) < 4.78 is 0. The number of rotatable bonds is 4. The minimum atomic E-state index is -0.641. The second kappa shape index (κ2) is 8.52. The number of amides is 2. The van der Waals surface area contributed by atoms with Gasteiger partial charge in [-0.3, -0.25) is 30.3 Å². The fourth-order valence-electron chi connectivity index (χ4n) is 3.66. The Bertz CT molecular complexity index is 1070. The Hall–Kier alpha value is -3.79. The Balaban J connectivity index is 1.55. The van der Waals surface area contributed by atoms with Crippen LogP contribution in [0.5, 0.6) is 0 Å². The normalized spacial score (nSPS) is 16.6. The Kier molecular flexibility index (Phi) is 5.63. The lowest BCUT2D eigenvalue weighted by atomic mass is 10.1. The Morgan fingerprint density at radius 2 is 1.55 bits per heavy atom. The summed E-state index contributed by atoms with van der Waals surface area (Å²) in [4.78, 5) is 39.6. The topological polar surface area (TPSA) is 108 Å². The van der Waals surface area contributed by atoms with E-state index in [1.807, 2.05) is 35.2 Å². The van der Waals surface area contributed by atoms with Crippen molar-refractivity contribution in [2.24, 2.45) is 0 Å². The fraction of sp³-hybridized carbons (Fsp3) is 0.190. The van der Waals surface area contributed by atoms with Gasteiger partial charge in [-0.15, -0.1) is 0 Å². The average Bonchev–Trinajstić information content (AvgIpc) is 2.77. The molecule has 2 amide bonds. The van der Waals surface area contributed by atoms with Crippen LogP contribution in [0.3, 0.4) is 0 Å². The van der Waals surface area contributed by atoms with E-state index in [1.165, 1.54) is 12.1 Å². The third kappa shape index (κ3) is 4.38. The second-order valence-corrected chi connectivity index (χ2v) is 7.52. The van der Waals surface area contributed by atoms with Crippen molar-refractivity contribution in [3.8, 4) is 0 Å². The summed E-state index contributed by atoms with van der Waals surface area (Å²) in [6, 6.07) is 14.7. The molecule has 0 bridgehead atoms. The van der Waals surface area contributed by atoms with Crippen LogP contribution in [0.1, 0.15) is 5.56 Å². The van der Waals surface area contributed by atoms with Crippen molar-refractivity contribution in [2.75, 3.05) is 36.0 Å². The maximum absolute atomic E-state index is 12.0. The van der Waals surface area contributed by atoms with Crippen molar-refractivity contribution in [2.45, 2.75) is 0 Å². The van der Waals surface area contributed by atoms with Crippen LogP contribution in [-0.4, -0.2) is 48.0 Å². The SMILES string of the molecule is O=C1NC(=S)NC(=O)C1=Cc1ccc(N2CCN(c3ccccc3)CC2)c([N+](=O)[O-])c1. The third-order valence-corrected chi connectivity index (χ3v) is 5.40. The molecule has 4 rings (SSSR count). The number of carbonyl (C=O) groups is 2. The molecule has 2 fully saturated rings. The van der Waals surface area contributed by atoms with Gasteiger partial charge in [0.2, 0.25) is 0 Å². The van der Waals surface area contributed by atoms with Gasteiger partial charge in [0, 0.05) is 37.9 Å². The lowest BCUT2D eigenvalue weighted by molar-refractivity contribution is -0.384. The number of benzene rings is 2. The van der Waals surface area contributed by atoms with Crippen LogP contribution < -0.4 is 20.4 Å². The number of hydrogen-bond donors (Lipinski definition) is 2. The number of nitrogens with one attached hydrogen (secondary N) is 2. The van der Waals surface area contributed by atoms with Gasteiger partial charge in [-0.2, -0.15) is 0 Å². The zero-order valence-electron chi connectivity index (χ0n) is 16.4. The molecule has 0 atom stereocenters. The number of para-hydroxylation sites is 1. The largest absolute Gasteiger partial charge is 0.368 e. The molecule has 2 aliphatic rings. The van der Waals surface area contributed by atoms with Crippen LogP contribution in [0, 0.1) is 10.1 Å². The van der Waals surface area contributed by atoms with Crippen LogP contribution in [0.15, 0.2) is 54.1 Å². The Morgan fingerprint density at radius 3 is 2.16 bits per heavy atom. The van der Waals surface area contributed by atoms with E-state index in [1.54, 1.807) is 12.1 Å². The standard InChI is InChI=1S/C21H19N5O4S/c27-19-16(20(28)23-21(31)22-19)12-14-6-7-17(18(13-14)26(29)30)25-10-8-24(9-11-25)15-4-2-1-3-5-15/h1-7,12-13H,8-11H2,(H2,22,23,27,28,31). The predicted octanol–water partition coefficient (Wildman–Crippen LogP) is 1.84. The van der Waals surface area contributed by atoms with Crippen LogP contribution in [-0.2, 0) is 9.59 Å². The quantitative estimate of drug-likeness (QED) is 0.247. The van der Waals surface area contributed by atoms with Crippen LogP contribution >= 0.6 is 12.2 Å². The first-order valence-corrected chi connectivity index (χ1v) is 10.0. The molecule has 2 saturated heterocycles. The minimum absolute atomic E-state index is 0.0666. The summed E-state index contributed by atoms with van der Waals surface area (Å²) >= 11 is 4.77. The molecule has 31 heavy (non-hydrogen) atoms. The van der Waals surface area contributed by atoms with Gasteiger partial charge in [-0.25, -0.2) is 0 Å². The molecule has 2 aromatic carbocycles. The van der Waals surface area contributed by atoms with E-state index in [2.05, 4.69) is 15.5 Å². The fourth-order valence-corrected chi connectivity index (χ4v) is 3.85. The maximum Gasteiger partial charge on any atom is 0.293 e. The average molecular weight is 437 g/mol. The minimum Gasteiger partial charge on any atom is -0.368 e. The number of nitrogens with zero attached hydrogens (tertiary/aromatic N) is 3. The molecular weight excluding hydrogens is 418 g/mol. The van der Waals surface area contributed by atoms with Gasteiger partial charge in [0.05, 0.1) is 4.92 Å². The van der Waals surface area contributed by atoms with Crippen molar-refractivity contribution in [1.29, 1.82) is 0 Å². The molecule has 0 saturated carbocycles. The summed E-state index contributed by atoms with van der Waals surface area (Å²) in [6.45, 7) is 2.76. The molecule has 2 N–H and O–H groups in total. The third-order valence-electron chi connectivity index (χ3n) is 5.19. The molecule has 2 heterocycles. The lowest BCUT2D eigenvalue weighted by Gasteiger charge is -2.37. The van der Waals surface area contributed by atoms with Gasteiger partial charge in [0.15, 0.2) is 5.11 Å². The predicted molar refractivity (Wildman–Crippen MR) is 121 cm³/mol. The maximum atomic E-state index is 12.0. The molecule has 2 aromatic rings. The summed E-state index contributed by atoms with van der Waals surface area (Å²) in [7, 11) is 0. The van der Waals surface area contributed by atoms with Crippen molar-refractivity contribution in [3.63, 3.8) is 0 Å². The van der Waals surface area contributed by atoms with E-state index in [0.29, 0.717) is 24.3 Å². The summed E-state index contributed by atoms with van der Waals surface area (Å²) in [6.07, 6.45) is 1.32. The van der Waals surface area contributed by atoms with E-state index in [-0.39, 0.29) is 16.4 Å². The number of nitro benzene ring substituents is 1. The van der Waals surface area contributed by atoms with Gasteiger partial charge in [-0.05, 0) is 42.1 Å². The Morgan fingerprint density at radius 1 is 0.935 bits per heavy atom. The highest BCUT2D eigenvalue weighted by atomic mass is 32.1. The molecule has 10 heteroatoms. The van der Waals surface area contributed by atoms with Gasteiger partial charge in [-0.1, -0.05) is 24.3 Å². The molecule has 0 aromatic heterocycles. The molecule has 2 aliphatic heterocycles. The van der Waals surface area contributed by atoms with Gasteiger partial charge >= 0.3 is 0 Å². The monoisotopic (exact) mass is 437 g/mol. The number of anilines is 2. The molecule has 0 radical (unpaired) electrons. The molecule has 0 spiro atoms. The van der Waals surface area contributed by atoms with E-state index in [9.17, 15) is 19.7 Å². The van der Waals surface area contributed by atoms with Gasteiger partial charge < -0.3 is 9.80 Å². The molecular formula is C21H19N5O4S. The zero-order valence-corrected chi connectivity index (χ0v) is 17.2.